The third kappa shape index (κ3) is 4.51. The Morgan fingerprint density at radius 2 is 1.82 bits per heavy atom. The molecule has 0 radical (unpaired) electrons. The fourth-order valence-corrected chi connectivity index (χ4v) is 2.87. The molecule has 2 aromatic carbocycles. The SMILES string of the molecule is COc1ccc(NS(=O)(=O)C=Cc2ccc(Cl)cc2)c(C)c1. The number of benzene rings is 2. The van der Waals surface area contributed by atoms with Crippen molar-refractivity contribution >= 4 is 33.4 Å². The van der Waals surface area contributed by atoms with Crippen LogP contribution in [0.1, 0.15) is 11.1 Å². The zero-order valence-corrected chi connectivity index (χ0v) is 13.8. The van der Waals surface area contributed by atoms with Gasteiger partial charge in [-0.1, -0.05) is 23.7 Å². The van der Waals surface area contributed by atoms with Gasteiger partial charge < -0.3 is 4.74 Å². The van der Waals surface area contributed by atoms with E-state index in [1.807, 2.05) is 6.92 Å². The molecule has 0 spiro atoms. The van der Waals surface area contributed by atoms with Crippen LogP contribution in [0, 0.1) is 6.92 Å². The standard InChI is InChI=1S/C16H16ClNO3S/c1-12-11-15(21-2)7-8-16(12)18-22(19,20)10-9-13-3-5-14(17)6-4-13/h3-11,18H,1-2H3. The lowest BCUT2D eigenvalue weighted by Gasteiger charge is -2.09. The summed E-state index contributed by atoms with van der Waals surface area (Å²) in [6.07, 6.45) is 1.51. The van der Waals surface area contributed by atoms with Crippen LogP contribution in [-0.2, 0) is 10.0 Å². The van der Waals surface area contributed by atoms with E-state index in [2.05, 4.69) is 4.72 Å². The number of hydrogen-bond donors (Lipinski definition) is 1. The minimum atomic E-state index is -3.59. The smallest absolute Gasteiger partial charge is 0.255 e. The van der Waals surface area contributed by atoms with E-state index < -0.39 is 10.0 Å². The van der Waals surface area contributed by atoms with Gasteiger partial charge in [0.25, 0.3) is 10.0 Å². The largest absolute Gasteiger partial charge is 0.497 e. The summed E-state index contributed by atoms with van der Waals surface area (Å²) in [5.41, 5.74) is 2.05. The Balaban J connectivity index is 2.15. The monoisotopic (exact) mass is 337 g/mol. The van der Waals surface area contributed by atoms with Crippen molar-refractivity contribution < 1.29 is 13.2 Å². The first-order chi connectivity index (χ1) is 10.4. The molecule has 6 heteroatoms. The molecule has 0 aromatic heterocycles. The van der Waals surface area contributed by atoms with Gasteiger partial charge in [0.2, 0.25) is 0 Å². The summed E-state index contributed by atoms with van der Waals surface area (Å²) >= 11 is 5.79. The van der Waals surface area contributed by atoms with Gasteiger partial charge in [0.05, 0.1) is 18.2 Å². The molecular weight excluding hydrogens is 322 g/mol. The highest BCUT2D eigenvalue weighted by Gasteiger charge is 2.08. The van der Waals surface area contributed by atoms with E-state index in [9.17, 15) is 8.42 Å². The van der Waals surface area contributed by atoms with Crippen LogP contribution in [0.5, 0.6) is 5.75 Å². The first-order valence-electron chi connectivity index (χ1n) is 6.51. The molecule has 1 N–H and O–H groups in total. The molecule has 0 heterocycles. The first kappa shape index (κ1) is 16.4. The van der Waals surface area contributed by atoms with E-state index in [1.54, 1.807) is 49.6 Å². The molecule has 22 heavy (non-hydrogen) atoms. The van der Waals surface area contributed by atoms with Crippen molar-refractivity contribution in [1.29, 1.82) is 0 Å². The summed E-state index contributed by atoms with van der Waals surface area (Å²) < 4.78 is 31.8. The summed E-state index contributed by atoms with van der Waals surface area (Å²) in [5, 5.41) is 1.73. The summed E-state index contributed by atoms with van der Waals surface area (Å²) in [6, 6.07) is 12.0. The van der Waals surface area contributed by atoms with Gasteiger partial charge in [-0.3, -0.25) is 4.72 Å². The van der Waals surface area contributed by atoms with Crippen LogP contribution in [0.4, 0.5) is 5.69 Å². The molecule has 0 amide bonds. The molecule has 0 aliphatic carbocycles. The van der Waals surface area contributed by atoms with Gasteiger partial charge in [-0.05, 0) is 54.5 Å². The Bertz CT molecular complexity index is 784. The summed E-state index contributed by atoms with van der Waals surface area (Å²) in [6.45, 7) is 1.81. The van der Waals surface area contributed by atoms with Crippen molar-refractivity contribution in [3.63, 3.8) is 0 Å². The van der Waals surface area contributed by atoms with Gasteiger partial charge in [0.15, 0.2) is 0 Å². The molecule has 4 nitrogen and oxygen atoms in total. The fourth-order valence-electron chi connectivity index (χ4n) is 1.81. The molecule has 0 unspecified atom stereocenters. The number of hydrogen-bond acceptors (Lipinski definition) is 3. The van der Waals surface area contributed by atoms with E-state index in [0.717, 1.165) is 16.5 Å². The maximum Gasteiger partial charge on any atom is 0.255 e. The van der Waals surface area contributed by atoms with Gasteiger partial charge in [-0.15, -0.1) is 0 Å². The Morgan fingerprint density at radius 3 is 2.41 bits per heavy atom. The Morgan fingerprint density at radius 1 is 1.14 bits per heavy atom. The third-order valence-corrected chi connectivity index (χ3v) is 4.25. The highest BCUT2D eigenvalue weighted by Crippen LogP contribution is 2.22. The maximum atomic E-state index is 12.1. The number of ether oxygens (including phenoxy) is 1. The lowest BCUT2D eigenvalue weighted by atomic mass is 10.2. The Hall–Kier alpha value is -1.98. The second kappa shape index (κ2) is 6.85. The van der Waals surface area contributed by atoms with Crippen LogP contribution in [0.15, 0.2) is 47.9 Å². The second-order valence-corrected chi connectivity index (χ2v) is 6.68. The molecule has 0 aliphatic rings. The number of aryl methyl sites for hydroxylation is 1. The van der Waals surface area contributed by atoms with E-state index >= 15 is 0 Å². The second-order valence-electron chi connectivity index (χ2n) is 4.68. The third-order valence-electron chi connectivity index (χ3n) is 3.00. The zero-order valence-electron chi connectivity index (χ0n) is 12.2. The van der Waals surface area contributed by atoms with Crippen molar-refractivity contribution in [2.24, 2.45) is 0 Å². The molecular formula is C16H16ClNO3S. The van der Waals surface area contributed by atoms with Gasteiger partial charge in [0, 0.05) is 5.02 Å². The van der Waals surface area contributed by atoms with Crippen molar-refractivity contribution in [1.82, 2.24) is 0 Å². The van der Waals surface area contributed by atoms with Crippen molar-refractivity contribution in [3.8, 4) is 5.75 Å². The normalized spacial score (nSPS) is 11.6. The Kier molecular flexibility index (Phi) is 5.11. The van der Waals surface area contributed by atoms with Crippen molar-refractivity contribution in [3.05, 3.63) is 64.0 Å². The topological polar surface area (TPSA) is 55.4 Å². The van der Waals surface area contributed by atoms with Crippen LogP contribution >= 0.6 is 11.6 Å². The van der Waals surface area contributed by atoms with Crippen molar-refractivity contribution in [2.75, 3.05) is 11.8 Å². The number of halogens is 1. The summed E-state index contributed by atoms with van der Waals surface area (Å²) in [7, 11) is -2.03. The first-order valence-corrected chi connectivity index (χ1v) is 8.43. The predicted molar refractivity (Wildman–Crippen MR) is 90.8 cm³/mol. The lowest BCUT2D eigenvalue weighted by molar-refractivity contribution is 0.414. The average Bonchev–Trinajstić information content (AvgIpc) is 2.49. The fraction of sp³-hybridized carbons (Fsp3) is 0.125. The number of nitrogens with one attached hydrogen (secondary N) is 1. The van der Waals surface area contributed by atoms with E-state index in [0.29, 0.717) is 16.5 Å². The predicted octanol–water partition coefficient (Wildman–Crippen LogP) is 4.07. The number of methoxy groups -OCH3 is 1. The lowest BCUT2D eigenvalue weighted by Crippen LogP contribution is -2.09. The highest BCUT2D eigenvalue weighted by molar-refractivity contribution is 7.95. The molecule has 2 rings (SSSR count). The number of sulfonamides is 1. The molecule has 0 fully saturated rings. The highest BCUT2D eigenvalue weighted by atomic mass is 35.5. The molecule has 0 saturated carbocycles. The zero-order chi connectivity index (χ0) is 16.2. The van der Waals surface area contributed by atoms with E-state index in [4.69, 9.17) is 16.3 Å². The average molecular weight is 338 g/mol. The van der Waals surface area contributed by atoms with Crippen LogP contribution in [0.25, 0.3) is 6.08 Å². The molecule has 0 aliphatic heterocycles. The van der Waals surface area contributed by atoms with Crippen LogP contribution in [-0.4, -0.2) is 15.5 Å². The van der Waals surface area contributed by atoms with Crippen LogP contribution < -0.4 is 9.46 Å². The Labute approximate surface area is 135 Å². The molecule has 0 bridgehead atoms. The quantitative estimate of drug-likeness (QED) is 0.894. The van der Waals surface area contributed by atoms with Crippen molar-refractivity contribution in [2.45, 2.75) is 6.92 Å². The molecule has 116 valence electrons. The van der Waals surface area contributed by atoms with Gasteiger partial charge >= 0.3 is 0 Å². The molecule has 0 atom stereocenters. The summed E-state index contributed by atoms with van der Waals surface area (Å²) in [4.78, 5) is 0. The van der Waals surface area contributed by atoms with Crippen LogP contribution in [0.2, 0.25) is 5.02 Å². The van der Waals surface area contributed by atoms with Gasteiger partial charge in [-0.25, -0.2) is 8.42 Å². The molecule has 2 aromatic rings. The minimum absolute atomic E-state index is 0.515. The summed E-state index contributed by atoms with van der Waals surface area (Å²) in [5.74, 6) is 0.678. The molecule has 0 saturated heterocycles. The maximum absolute atomic E-state index is 12.1. The van der Waals surface area contributed by atoms with Gasteiger partial charge in [-0.2, -0.15) is 0 Å². The van der Waals surface area contributed by atoms with Gasteiger partial charge in [0.1, 0.15) is 5.75 Å². The van der Waals surface area contributed by atoms with Crippen LogP contribution in [0.3, 0.4) is 0 Å². The van der Waals surface area contributed by atoms with E-state index in [1.165, 1.54) is 6.08 Å². The number of anilines is 1. The van der Waals surface area contributed by atoms with E-state index in [-0.39, 0.29) is 0 Å². The number of rotatable bonds is 5. The minimum Gasteiger partial charge on any atom is -0.497 e.